The number of halogens is 1. The van der Waals surface area contributed by atoms with Gasteiger partial charge in [-0.15, -0.1) is 0 Å². The first-order valence-corrected chi connectivity index (χ1v) is 8.05. The Morgan fingerprint density at radius 3 is 2.70 bits per heavy atom. The Kier molecular flexibility index (Phi) is 3.32. The van der Waals surface area contributed by atoms with Crippen molar-refractivity contribution >= 4 is 17.5 Å². The Balaban J connectivity index is 1.44. The minimum Gasteiger partial charge on any atom is -0.342 e. The zero-order valence-electron chi connectivity index (χ0n) is 12.8. The second kappa shape index (κ2) is 5.25. The van der Waals surface area contributed by atoms with Crippen molar-refractivity contribution in [1.82, 2.24) is 14.9 Å². The first kappa shape index (κ1) is 14.5. The molecule has 1 saturated carbocycles. The molecule has 0 aromatic carbocycles. The fourth-order valence-corrected chi connectivity index (χ4v) is 3.97. The molecule has 1 aromatic heterocycles. The largest absolute Gasteiger partial charge is 0.342 e. The number of carbonyl (C=O) groups is 2. The van der Waals surface area contributed by atoms with E-state index in [2.05, 4.69) is 9.97 Å². The van der Waals surface area contributed by atoms with Gasteiger partial charge in [0.15, 0.2) is 0 Å². The van der Waals surface area contributed by atoms with E-state index in [-0.39, 0.29) is 23.1 Å². The summed E-state index contributed by atoms with van der Waals surface area (Å²) >= 11 is 0. The number of carbonyl (C=O) groups excluding carboxylic acids is 2. The maximum Gasteiger partial charge on any atom is 0.227 e. The summed E-state index contributed by atoms with van der Waals surface area (Å²) in [5, 5.41) is 0. The molecule has 3 fully saturated rings. The van der Waals surface area contributed by atoms with Crippen molar-refractivity contribution in [2.45, 2.75) is 31.9 Å². The summed E-state index contributed by atoms with van der Waals surface area (Å²) < 4.78 is 13.0. The molecule has 0 radical (unpaired) electrons. The molecular formula is C16H19FN4O2. The Morgan fingerprint density at radius 1 is 1.26 bits per heavy atom. The maximum atomic E-state index is 13.0. The van der Waals surface area contributed by atoms with Crippen LogP contribution in [0.3, 0.4) is 0 Å². The molecule has 6 nitrogen and oxygen atoms in total. The molecule has 1 aliphatic carbocycles. The summed E-state index contributed by atoms with van der Waals surface area (Å²) in [6.07, 6.45) is 5.87. The highest BCUT2D eigenvalue weighted by Gasteiger charge is 2.50. The molecule has 122 valence electrons. The smallest absolute Gasteiger partial charge is 0.227 e. The van der Waals surface area contributed by atoms with Gasteiger partial charge in [0.25, 0.3) is 0 Å². The summed E-state index contributed by atoms with van der Waals surface area (Å²) in [7, 11) is 0. The van der Waals surface area contributed by atoms with E-state index < -0.39 is 6.17 Å². The van der Waals surface area contributed by atoms with Crippen LogP contribution in [-0.4, -0.2) is 52.5 Å². The van der Waals surface area contributed by atoms with E-state index in [4.69, 9.17) is 0 Å². The average molecular weight is 318 g/mol. The van der Waals surface area contributed by atoms with E-state index in [1.54, 1.807) is 17.3 Å². The van der Waals surface area contributed by atoms with Gasteiger partial charge >= 0.3 is 0 Å². The number of hydrogen-bond acceptors (Lipinski definition) is 4. The molecule has 2 amide bonds. The second-order valence-electron chi connectivity index (χ2n) is 7.03. The monoisotopic (exact) mass is 318 g/mol. The average Bonchev–Trinajstić information content (AvgIpc) is 3.08. The van der Waals surface area contributed by atoms with Crippen LogP contribution in [0.2, 0.25) is 0 Å². The van der Waals surface area contributed by atoms with Crippen molar-refractivity contribution in [2.24, 2.45) is 11.3 Å². The Hall–Kier alpha value is -2.05. The van der Waals surface area contributed by atoms with E-state index >= 15 is 0 Å². The molecule has 3 aliphatic rings. The number of likely N-dealkylation sites (tertiary alicyclic amines) is 1. The van der Waals surface area contributed by atoms with Crippen LogP contribution in [0.5, 0.6) is 0 Å². The van der Waals surface area contributed by atoms with Crippen molar-refractivity contribution in [2.75, 3.05) is 24.5 Å². The van der Waals surface area contributed by atoms with Crippen molar-refractivity contribution in [3.8, 4) is 0 Å². The van der Waals surface area contributed by atoms with Crippen molar-refractivity contribution in [3.63, 3.8) is 0 Å². The maximum absolute atomic E-state index is 13.0. The molecule has 1 unspecified atom stereocenters. The van der Waals surface area contributed by atoms with E-state index in [1.165, 1.54) is 6.33 Å². The highest BCUT2D eigenvalue weighted by molar-refractivity contribution is 5.96. The molecule has 23 heavy (non-hydrogen) atoms. The SMILES string of the molecule is O=C(C1CC(F)C1)N1CCC2(CC(=O)N(c3cncnc3)C2)C1. The molecule has 0 N–H and O–H groups in total. The normalized spacial score (nSPS) is 33.3. The molecule has 1 spiro atoms. The van der Waals surface area contributed by atoms with Gasteiger partial charge in [0, 0.05) is 37.4 Å². The second-order valence-corrected chi connectivity index (χ2v) is 7.03. The van der Waals surface area contributed by atoms with Gasteiger partial charge in [0.05, 0.1) is 18.1 Å². The van der Waals surface area contributed by atoms with Gasteiger partial charge in [0.1, 0.15) is 12.5 Å². The van der Waals surface area contributed by atoms with E-state index in [0.717, 1.165) is 6.42 Å². The van der Waals surface area contributed by atoms with Gasteiger partial charge in [-0.3, -0.25) is 9.59 Å². The Labute approximate surface area is 133 Å². The minimum absolute atomic E-state index is 0.0570. The van der Waals surface area contributed by atoms with Crippen LogP contribution in [0.1, 0.15) is 25.7 Å². The summed E-state index contributed by atoms with van der Waals surface area (Å²) in [5.41, 5.74) is 0.528. The molecule has 2 aliphatic heterocycles. The first-order chi connectivity index (χ1) is 11.1. The van der Waals surface area contributed by atoms with Gasteiger partial charge in [-0.05, 0) is 19.3 Å². The quantitative estimate of drug-likeness (QED) is 0.821. The Bertz CT molecular complexity index is 634. The van der Waals surface area contributed by atoms with Crippen LogP contribution in [0.4, 0.5) is 10.1 Å². The molecule has 1 aromatic rings. The lowest BCUT2D eigenvalue weighted by Crippen LogP contribution is -2.42. The van der Waals surface area contributed by atoms with Gasteiger partial charge in [0.2, 0.25) is 11.8 Å². The lowest BCUT2D eigenvalue weighted by atomic mass is 9.82. The number of alkyl halides is 1. The van der Waals surface area contributed by atoms with Gasteiger partial charge in [-0.1, -0.05) is 0 Å². The van der Waals surface area contributed by atoms with E-state index in [0.29, 0.717) is 44.6 Å². The topological polar surface area (TPSA) is 66.4 Å². The number of rotatable bonds is 2. The molecule has 3 heterocycles. The zero-order valence-corrected chi connectivity index (χ0v) is 12.8. The predicted molar refractivity (Wildman–Crippen MR) is 80.3 cm³/mol. The van der Waals surface area contributed by atoms with Crippen molar-refractivity contribution < 1.29 is 14.0 Å². The third-order valence-corrected chi connectivity index (χ3v) is 5.36. The number of aromatic nitrogens is 2. The summed E-state index contributed by atoms with van der Waals surface area (Å²) in [6.45, 7) is 1.85. The number of anilines is 1. The molecule has 7 heteroatoms. The van der Waals surface area contributed by atoms with E-state index in [1.807, 2.05) is 4.90 Å². The van der Waals surface area contributed by atoms with Gasteiger partial charge < -0.3 is 9.80 Å². The highest BCUT2D eigenvalue weighted by Crippen LogP contribution is 2.43. The molecule has 0 bridgehead atoms. The van der Waals surface area contributed by atoms with Crippen molar-refractivity contribution in [1.29, 1.82) is 0 Å². The number of nitrogens with zero attached hydrogens (tertiary/aromatic N) is 4. The lowest BCUT2D eigenvalue weighted by Gasteiger charge is -2.32. The van der Waals surface area contributed by atoms with Crippen LogP contribution < -0.4 is 4.90 Å². The van der Waals surface area contributed by atoms with Crippen LogP contribution in [-0.2, 0) is 9.59 Å². The van der Waals surface area contributed by atoms with E-state index in [9.17, 15) is 14.0 Å². The molecular weight excluding hydrogens is 299 g/mol. The fourth-order valence-electron chi connectivity index (χ4n) is 3.97. The highest BCUT2D eigenvalue weighted by atomic mass is 19.1. The fraction of sp³-hybridized carbons (Fsp3) is 0.625. The number of amides is 2. The third kappa shape index (κ3) is 2.48. The standard InChI is InChI=1S/C16H19FN4O2/c17-12-3-11(4-12)15(23)20-2-1-16(8-20)5-14(22)21(9-16)13-6-18-10-19-7-13/h6-7,10-12H,1-5,8-9H2. The lowest BCUT2D eigenvalue weighted by molar-refractivity contribution is -0.139. The molecule has 4 rings (SSSR count). The van der Waals surface area contributed by atoms with Gasteiger partial charge in [-0.2, -0.15) is 0 Å². The van der Waals surface area contributed by atoms with Crippen LogP contribution in [0.15, 0.2) is 18.7 Å². The number of hydrogen-bond donors (Lipinski definition) is 0. The Morgan fingerprint density at radius 2 is 2.00 bits per heavy atom. The molecule has 1 atom stereocenters. The predicted octanol–water partition coefficient (Wildman–Crippen LogP) is 1.18. The third-order valence-electron chi connectivity index (χ3n) is 5.36. The van der Waals surface area contributed by atoms with Crippen LogP contribution in [0.25, 0.3) is 0 Å². The summed E-state index contributed by atoms with van der Waals surface area (Å²) in [4.78, 5) is 36.2. The van der Waals surface area contributed by atoms with Crippen LogP contribution in [0, 0.1) is 11.3 Å². The molecule has 2 saturated heterocycles. The summed E-state index contributed by atoms with van der Waals surface area (Å²) in [5.74, 6) is -0.0397. The van der Waals surface area contributed by atoms with Gasteiger partial charge in [-0.25, -0.2) is 14.4 Å². The van der Waals surface area contributed by atoms with Crippen LogP contribution >= 0.6 is 0 Å². The summed E-state index contributed by atoms with van der Waals surface area (Å²) in [6, 6.07) is 0. The van der Waals surface area contributed by atoms with Crippen molar-refractivity contribution in [3.05, 3.63) is 18.7 Å². The minimum atomic E-state index is -0.817. The zero-order chi connectivity index (χ0) is 16.0. The first-order valence-electron chi connectivity index (χ1n) is 8.05.